The zero-order valence-corrected chi connectivity index (χ0v) is 13.3. The zero-order valence-electron chi connectivity index (χ0n) is 13.3. The maximum absolute atomic E-state index is 4.52. The Kier molecular flexibility index (Phi) is 6.33. The number of rotatable bonds is 7. The molecule has 0 saturated heterocycles. The van der Waals surface area contributed by atoms with Gasteiger partial charge in [-0.1, -0.05) is 59.4 Å². The summed E-state index contributed by atoms with van der Waals surface area (Å²) in [6.07, 6.45) is 8.53. The number of nitrogens with zero attached hydrogens (tertiary/aromatic N) is 1. The summed E-state index contributed by atoms with van der Waals surface area (Å²) in [7, 11) is 0. The molecule has 1 aromatic heterocycles. The summed E-state index contributed by atoms with van der Waals surface area (Å²) in [6.45, 7) is 11.1. The molecule has 0 bridgehead atoms. The van der Waals surface area contributed by atoms with E-state index in [1.165, 1.54) is 37.7 Å². The Bertz CT molecular complexity index is 349. The molecular weight excluding hydrogens is 232 g/mol. The molecule has 0 aliphatic heterocycles. The van der Waals surface area contributed by atoms with Crippen molar-refractivity contribution in [3.63, 3.8) is 0 Å². The van der Waals surface area contributed by atoms with Crippen LogP contribution in [0.1, 0.15) is 72.3 Å². The highest BCUT2D eigenvalue weighted by atomic mass is 15.0. The van der Waals surface area contributed by atoms with Crippen LogP contribution < -0.4 is 5.32 Å². The Morgan fingerprint density at radius 1 is 1.16 bits per heavy atom. The Hall–Kier alpha value is -1.05. The molecule has 0 amide bonds. The van der Waals surface area contributed by atoms with Gasteiger partial charge >= 0.3 is 0 Å². The van der Waals surface area contributed by atoms with E-state index in [0.29, 0.717) is 6.04 Å². The first kappa shape index (κ1) is 16.0. The summed E-state index contributed by atoms with van der Waals surface area (Å²) in [4.78, 5) is 4.52. The molecule has 1 unspecified atom stereocenters. The van der Waals surface area contributed by atoms with Gasteiger partial charge in [0.05, 0.1) is 0 Å². The minimum Gasteiger partial charge on any atom is -0.368 e. The van der Waals surface area contributed by atoms with Gasteiger partial charge in [0.2, 0.25) is 0 Å². The van der Waals surface area contributed by atoms with Crippen molar-refractivity contribution in [2.45, 2.75) is 78.2 Å². The third-order valence-corrected chi connectivity index (χ3v) is 3.51. The van der Waals surface area contributed by atoms with E-state index in [1.807, 2.05) is 6.20 Å². The van der Waals surface area contributed by atoms with Crippen LogP contribution in [0.4, 0.5) is 5.82 Å². The van der Waals surface area contributed by atoms with Gasteiger partial charge in [-0.2, -0.15) is 0 Å². The van der Waals surface area contributed by atoms with Crippen LogP contribution in [-0.2, 0) is 5.41 Å². The first-order valence-electron chi connectivity index (χ1n) is 7.66. The average molecular weight is 262 g/mol. The van der Waals surface area contributed by atoms with Crippen molar-refractivity contribution >= 4 is 5.82 Å². The number of nitrogens with one attached hydrogen (secondary N) is 1. The molecule has 0 aliphatic rings. The lowest BCUT2D eigenvalue weighted by Gasteiger charge is -2.19. The molecule has 0 radical (unpaired) electrons. The van der Waals surface area contributed by atoms with Crippen molar-refractivity contribution in [1.29, 1.82) is 0 Å². The largest absolute Gasteiger partial charge is 0.368 e. The topological polar surface area (TPSA) is 24.9 Å². The SMILES string of the molecule is CCCCCCC(C)Nc1ccc(C(C)(C)C)cn1. The molecule has 2 heteroatoms. The fraction of sp³-hybridized carbons (Fsp3) is 0.706. The van der Waals surface area contributed by atoms with Crippen molar-refractivity contribution in [3.05, 3.63) is 23.9 Å². The van der Waals surface area contributed by atoms with Crippen molar-refractivity contribution in [2.75, 3.05) is 5.32 Å². The second kappa shape index (κ2) is 7.52. The lowest BCUT2D eigenvalue weighted by molar-refractivity contribution is 0.585. The van der Waals surface area contributed by atoms with E-state index in [0.717, 1.165) is 5.82 Å². The van der Waals surface area contributed by atoms with Gasteiger partial charge in [-0.3, -0.25) is 0 Å². The summed E-state index contributed by atoms with van der Waals surface area (Å²) >= 11 is 0. The van der Waals surface area contributed by atoms with Gasteiger partial charge in [-0.25, -0.2) is 4.98 Å². The molecule has 1 N–H and O–H groups in total. The van der Waals surface area contributed by atoms with Gasteiger partial charge in [0.1, 0.15) is 5.82 Å². The van der Waals surface area contributed by atoms with Crippen LogP contribution in [-0.4, -0.2) is 11.0 Å². The molecular formula is C17H30N2. The number of hydrogen-bond donors (Lipinski definition) is 1. The lowest BCUT2D eigenvalue weighted by Crippen LogP contribution is -2.17. The molecule has 1 heterocycles. The van der Waals surface area contributed by atoms with Gasteiger partial charge in [-0.15, -0.1) is 0 Å². The minimum absolute atomic E-state index is 0.178. The van der Waals surface area contributed by atoms with Crippen molar-refractivity contribution in [1.82, 2.24) is 4.98 Å². The van der Waals surface area contributed by atoms with Gasteiger partial charge in [0.25, 0.3) is 0 Å². The fourth-order valence-corrected chi connectivity index (χ4v) is 2.12. The summed E-state index contributed by atoms with van der Waals surface area (Å²) < 4.78 is 0. The van der Waals surface area contributed by atoms with Gasteiger partial charge in [0.15, 0.2) is 0 Å². The van der Waals surface area contributed by atoms with E-state index in [9.17, 15) is 0 Å². The second-order valence-electron chi connectivity index (χ2n) is 6.58. The molecule has 108 valence electrons. The minimum atomic E-state index is 0.178. The average Bonchev–Trinajstić information content (AvgIpc) is 2.34. The Labute approximate surface area is 119 Å². The molecule has 0 aromatic carbocycles. The quantitative estimate of drug-likeness (QED) is 0.687. The van der Waals surface area contributed by atoms with Crippen molar-refractivity contribution in [3.8, 4) is 0 Å². The number of pyridine rings is 1. The Morgan fingerprint density at radius 2 is 1.89 bits per heavy atom. The highest BCUT2D eigenvalue weighted by Crippen LogP contribution is 2.22. The van der Waals surface area contributed by atoms with Gasteiger partial charge in [-0.05, 0) is 30.4 Å². The first-order valence-corrected chi connectivity index (χ1v) is 7.66. The lowest BCUT2D eigenvalue weighted by atomic mass is 9.88. The number of aromatic nitrogens is 1. The number of anilines is 1. The van der Waals surface area contributed by atoms with Crippen LogP contribution in [0, 0.1) is 0 Å². The van der Waals surface area contributed by atoms with Crippen LogP contribution in [0.15, 0.2) is 18.3 Å². The molecule has 1 aromatic rings. The molecule has 1 atom stereocenters. The molecule has 0 spiro atoms. The standard InChI is InChI=1S/C17H30N2/c1-6-7-8-9-10-14(2)19-16-12-11-15(13-18-16)17(3,4)5/h11-14H,6-10H2,1-5H3,(H,18,19). The van der Waals surface area contributed by atoms with Crippen molar-refractivity contribution in [2.24, 2.45) is 0 Å². The summed E-state index contributed by atoms with van der Waals surface area (Å²) in [5.41, 5.74) is 1.46. The van der Waals surface area contributed by atoms with E-state index in [2.05, 4.69) is 57.1 Å². The van der Waals surface area contributed by atoms with E-state index in [1.54, 1.807) is 0 Å². The van der Waals surface area contributed by atoms with Crippen LogP contribution in [0.25, 0.3) is 0 Å². The fourth-order valence-electron chi connectivity index (χ4n) is 2.12. The van der Waals surface area contributed by atoms with E-state index in [-0.39, 0.29) is 5.41 Å². The maximum Gasteiger partial charge on any atom is 0.126 e. The highest BCUT2D eigenvalue weighted by molar-refractivity contribution is 5.37. The third kappa shape index (κ3) is 6.09. The predicted octanol–water partition coefficient (Wildman–Crippen LogP) is 5.15. The van der Waals surface area contributed by atoms with Crippen molar-refractivity contribution < 1.29 is 0 Å². The molecule has 2 nitrogen and oxygen atoms in total. The second-order valence-corrected chi connectivity index (χ2v) is 6.58. The van der Waals surface area contributed by atoms with Gasteiger partial charge < -0.3 is 5.32 Å². The summed E-state index contributed by atoms with van der Waals surface area (Å²) in [5.74, 6) is 0.996. The summed E-state index contributed by atoms with van der Waals surface area (Å²) in [5, 5.41) is 3.49. The normalized spacial score (nSPS) is 13.3. The monoisotopic (exact) mass is 262 g/mol. The Morgan fingerprint density at radius 3 is 2.42 bits per heavy atom. The van der Waals surface area contributed by atoms with Crippen LogP contribution in [0.2, 0.25) is 0 Å². The van der Waals surface area contributed by atoms with Gasteiger partial charge in [0, 0.05) is 12.2 Å². The molecule has 0 fully saturated rings. The van der Waals surface area contributed by atoms with Crippen LogP contribution >= 0.6 is 0 Å². The van der Waals surface area contributed by atoms with Crippen LogP contribution in [0.3, 0.4) is 0 Å². The zero-order chi connectivity index (χ0) is 14.3. The number of unbranched alkanes of at least 4 members (excludes halogenated alkanes) is 3. The van der Waals surface area contributed by atoms with E-state index >= 15 is 0 Å². The molecule has 1 rings (SSSR count). The van der Waals surface area contributed by atoms with E-state index < -0.39 is 0 Å². The maximum atomic E-state index is 4.52. The highest BCUT2D eigenvalue weighted by Gasteiger charge is 2.13. The predicted molar refractivity (Wildman–Crippen MR) is 84.8 cm³/mol. The first-order chi connectivity index (χ1) is 8.93. The third-order valence-electron chi connectivity index (χ3n) is 3.51. The smallest absolute Gasteiger partial charge is 0.126 e. The van der Waals surface area contributed by atoms with E-state index in [4.69, 9.17) is 0 Å². The molecule has 19 heavy (non-hydrogen) atoms. The number of hydrogen-bond acceptors (Lipinski definition) is 2. The summed E-state index contributed by atoms with van der Waals surface area (Å²) in [6, 6.07) is 4.78. The Balaban J connectivity index is 2.40. The molecule has 0 saturated carbocycles. The molecule has 0 aliphatic carbocycles. The van der Waals surface area contributed by atoms with Crippen LogP contribution in [0.5, 0.6) is 0 Å².